The third-order valence-electron chi connectivity index (χ3n) is 5.57. The normalized spacial score (nSPS) is 18.2. The van der Waals surface area contributed by atoms with E-state index < -0.39 is 0 Å². The monoisotopic (exact) mass is 415 g/mol. The minimum Gasteiger partial charge on any atom is -0.342 e. The van der Waals surface area contributed by atoms with Crippen molar-refractivity contribution < 1.29 is 4.79 Å². The van der Waals surface area contributed by atoms with Crippen LogP contribution in [0.5, 0.6) is 0 Å². The van der Waals surface area contributed by atoms with Gasteiger partial charge in [-0.05, 0) is 44.8 Å². The summed E-state index contributed by atoms with van der Waals surface area (Å²) in [6.07, 6.45) is 3.27. The first-order valence-corrected chi connectivity index (χ1v) is 11.5. The lowest BCUT2D eigenvalue weighted by atomic mass is 10.0. The first-order valence-electron chi connectivity index (χ1n) is 10.5. The molecule has 2 aromatic rings. The first-order chi connectivity index (χ1) is 14.0. The smallest absolute Gasteiger partial charge is 0.233 e. The molecule has 0 saturated carbocycles. The average Bonchev–Trinajstić information content (AvgIpc) is 3.09. The fraction of sp³-hybridized carbons (Fsp3) is 0.591. The molecule has 0 bridgehead atoms. The highest BCUT2D eigenvalue weighted by molar-refractivity contribution is 7.99. The van der Waals surface area contributed by atoms with Crippen molar-refractivity contribution in [2.45, 2.75) is 50.9 Å². The lowest BCUT2D eigenvalue weighted by molar-refractivity contribution is -0.130. The molecule has 1 aliphatic rings. The van der Waals surface area contributed by atoms with Gasteiger partial charge >= 0.3 is 0 Å². The second-order valence-corrected chi connectivity index (χ2v) is 9.12. The Kier molecular flexibility index (Phi) is 7.72. The molecular weight excluding hydrogens is 382 g/mol. The standard InChI is InChI=1S/C22H33N5OS/c1-5-19(25(3)4)21-23-24-22(27(21)15-18-11-7-6-8-12-18)29-16-20(28)26-13-9-10-17(2)14-26/h6-8,11-12,17,19H,5,9-10,13-16H2,1-4H3. The van der Waals surface area contributed by atoms with Crippen molar-refractivity contribution in [1.29, 1.82) is 0 Å². The lowest BCUT2D eigenvalue weighted by Crippen LogP contribution is -2.40. The van der Waals surface area contributed by atoms with Crippen LogP contribution in [0.25, 0.3) is 0 Å². The molecule has 0 radical (unpaired) electrons. The Balaban J connectivity index is 1.78. The van der Waals surface area contributed by atoms with Crippen molar-refractivity contribution in [3.8, 4) is 0 Å². The molecule has 0 aliphatic carbocycles. The fourth-order valence-corrected chi connectivity index (χ4v) is 4.83. The van der Waals surface area contributed by atoms with E-state index in [0.717, 1.165) is 36.9 Å². The Hall–Kier alpha value is -1.86. The van der Waals surface area contributed by atoms with Crippen molar-refractivity contribution >= 4 is 17.7 Å². The summed E-state index contributed by atoms with van der Waals surface area (Å²) in [5.74, 6) is 2.18. The van der Waals surface area contributed by atoms with E-state index in [1.165, 1.54) is 23.7 Å². The quantitative estimate of drug-likeness (QED) is 0.616. The highest BCUT2D eigenvalue weighted by Crippen LogP contribution is 2.27. The van der Waals surface area contributed by atoms with Gasteiger partial charge in [0.1, 0.15) is 0 Å². The molecule has 1 aromatic heterocycles. The molecular formula is C22H33N5OS. The van der Waals surface area contributed by atoms with Crippen LogP contribution >= 0.6 is 11.8 Å². The van der Waals surface area contributed by atoms with Gasteiger partial charge in [0, 0.05) is 13.1 Å². The molecule has 2 heterocycles. The zero-order chi connectivity index (χ0) is 20.8. The zero-order valence-electron chi connectivity index (χ0n) is 18.0. The topological polar surface area (TPSA) is 54.3 Å². The number of amides is 1. The van der Waals surface area contributed by atoms with Crippen molar-refractivity contribution in [2.75, 3.05) is 32.9 Å². The van der Waals surface area contributed by atoms with E-state index in [9.17, 15) is 4.79 Å². The summed E-state index contributed by atoms with van der Waals surface area (Å²) in [6, 6.07) is 10.6. The Bertz CT molecular complexity index is 792. The van der Waals surface area contributed by atoms with E-state index in [0.29, 0.717) is 18.2 Å². The number of likely N-dealkylation sites (tertiary alicyclic amines) is 1. The summed E-state index contributed by atoms with van der Waals surface area (Å²) in [6.45, 7) is 6.86. The van der Waals surface area contributed by atoms with Gasteiger partial charge in [-0.3, -0.25) is 9.69 Å². The maximum Gasteiger partial charge on any atom is 0.233 e. The maximum absolute atomic E-state index is 12.7. The highest BCUT2D eigenvalue weighted by atomic mass is 32.2. The molecule has 158 valence electrons. The molecule has 1 fully saturated rings. The molecule has 1 aliphatic heterocycles. The van der Waals surface area contributed by atoms with Crippen LogP contribution in [-0.4, -0.2) is 63.4 Å². The Morgan fingerprint density at radius 1 is 1.28 bits per heavy atom. The van der Waals surface area contributed by atoms with Gasteiger partial charge in [-0.1, -0.05) is 55.9 Å². The molecule has 1 amide bonds. The molecule has 1 aromatic carbocycles. The number of hydrogen-bond donors (Lipinski definition) is 0. The van der Waals surface area contributed by atoms with Crippen LogP contribution in [0.4, 0.5) is 0 Å². The van der Waals surface area contributed by atoms with Gasteiger partial charge in [0.25, 0.3) is 0 Å². The van der Waals surface area contributed by atoms with Crippen LogP contribution in [0, 0.1) is 5.92 Å². The minimum absolute atomic E-state index is 0.194. The van der Waals surface area contributed by atoms with Crippen LogP contribution < -0.4 is 0 Å². The van der Waals surface area contributed by atoms with Crippen LogP contribution in [0.15, 0.2) is 35.5 Å². The summed E-state index contributed by atoms with van der Waals surface area (Å²) >= 11 is 1.51. The first kappa shape index (κ1) is 21.8. The van der Waals surface area contributed by atoms with E-state index in [1.807, 2.05) is 11.0 Å². The number of hydrogen-bond acceptors (Lipinski definition) is 5. The maximum atomic E-state index is 12.7. The van der Waals surface area contributed by atoms with Crippen LogP contribution in [-0.2, 0) is 11.3 Å². The number of aromatic nitrogens is 3. The summed E-state index contributed by atoms with van der Waals surface area (Å²) < 4.78 is 2.18. The Labute approximate surface area is 178 Å². The van der Waals surface area contributed by atoms with E-state index in [1.54, 1.807) is 0 Å². The van der Waals surface area contributed by atoms with Gasteiger partial charge in [-0.25, -0.2) is 0 Å². The van der Waals surface area contributed by atoms with Gasteiger partial charge in [-0.2, -0.15) is 0 Å². The van der Waals surface area contributed by atoms with Crippen LogP contribution in [0.2, 0.25) is 0 Å². The largest absolute Gasteiger partial charge is 0.342 e. The predicted molar refractivity (Wildman–Crippen MR) is 118 cm³/mol. The van der Waals surface area contributed by atoms with Crippen LogP contribution in [0.3, 0.4) is 0 Å². The SMILES string of the molecule is CCC(c1nnc(SCC(=O)N2CCCC(C)C2)n1Cc1ccccc1)N(C)C. The van der Waals surface area contributed by atoms with Gasteiger partial charge in [0.05, 0.1) is 18.3 Å². The van der Waals surface area contributed by atoms with Crippen molar-refractivity contribution in [1.82, 2.24) is 24.6 Å². The van der Waals surface area contributed by atoms with E-state index in [-0.39, 0.29) is 11.9 Å². The third kappa shape index (κ3) is 5.60. The van der Waals surface area contributed by atoms with Gasteiger partial charge < -0.3 is 9.47 Å². The predicted octanol–water partition coefficient (Wildman–Crippen LogP) is 3.69. The number of thioether (sulfide) groups is 1. The zero-order valence-corrected chi connectivity index (χ0v) is 18.9. The van der Waals surface area contributed by atoms with Gasteiger partial charge in [0.15, 0.2) is 11.0 Å². The minimum atomic E-state index is 0.194. The number of rotatable bonds is 8. The molecule has 1 saturated heterocycles. The summed E-state index contributed by atoms with van der Waals surface area (Å²) in [4.78, 5) is 16.9. The average molecular weight is 416 g/mol. The molecule has 0 N–H and O–H groups in total. The summed E-state index contributed by atoms with van der Waals surface area (Å²) in [5.41, 5.74) is 1.21. The van der Waals surface area contributed by atoms with Crippen molar-refractivity contribution in [3.63, 3.8) is 0 Å². The van der Waals surface area contributed by atoms with E-state index in [2.05, 4.69) is 71.9 Å². The molecule has 3 rings (SSSR count). The molecule has 29 heavy (non-hydrogen) atoms. The van der Waals surface area contributed by atoms with E-state index in [4.69, 9.17) is 0 Å². The fourth-order valence-electron chi connectivity index (χ4n) is 3.98. The summed E-state index contributed by atoms with van der Waals surface area (Å²) in [5, 5.41) is 9.83. The molecule has 7 heteroatoms. The Morgan fingerprint density at radius 2 is 2.03 bits per heavy atom. The summed E-state index contributed by atoms with van der Waals surface area (Å²) in [7, 11) is 4.15. The second kappa shape index (κ2) is 10.3. The Morgan fingerprint density at radius 3 is 2.69 bits per heavy atom. The molecule has 0 spiro atoms. The second-order valence-electron chi connectivity index (χ2n) is 8.18. The number of carbonyl (C=O) groups is 1. The molecule has 6 nitrogen and oxygen atoms in total. The lowest BCUT2D eigenvalue weighted by Gasteiger charge is -2.30. The third-order valence-corrected chi connectivity index (χ3v) is 6.52. The van der Waals surface area contributed by atoms with Crippen LogP contribution in [0.1, 0.15) is 50.5 Å². The van der Waals surface area contributed by atoms with Gasteiger partial charge in [0.2, 0.25) is 5.91 Å². The molecule has 2 atom stereocenters. The van der Waals surface area contributed by atoms with Gasteiger partial charge in [-0.15, -0.1) is 10.2 Å². The number of carbonyl (C=O) groups excluding carboxylic acids is 1. The van der Waals surface area contributed by atoms with Crippen molar-refractivity contribution in [3.05, 3.63) is 41.7 Å². The number of benzene rings is 1. The van der Waals surface area contributed by atoms with Crippen molar-refractivity contribution in [2.24, 2.45) is 5.92 Å². The highest BCUT2D eigenvalue weighted by Gasteiger charge is 2.24. The number of piperidine rings is 1. The molecule has 2 unspecified atom stereocenters. The number of nitrogens with zero attached hydrogens (tertiary/aromatic N) is 5. The van der Waals surface area contributed by atoms with E-state index >= 15 is 0 Å².